The number of nitrogens with zero attached hydrogens (tertiary/aromatic N) is 3. The summed E-state index contributed by atoms with van der Waals surface area (Å²) in [5.41, 5.74) is 1.58. The Hall–Kier alpha value is -2.64. The third-order valence-corrected chi connectivity index (χ3v) is 5.28. The number of aromatic nitrogens is 1. The zero-order valence-corrected chi connectivity index (χ0v) is 15.3. The molecule has 0 radical (unpaired) electrons. The molecule has 0 aliphatic carbocycles. The number of amides is 3. The van der Waals surface area contributed by atoms with Gasteiger partial charge in [-0.25, -0.2) is 9.78 Å². The number of carbonyl (C=O) groups excluding carboxylic acids is 2. The van der Waals surface area contributed by atoms with Crippen molar-refractivity contribution < 1.29 is 9.59 Å². The van der Waals surface area contributed by atoms with Crippen molar-refractivity contribution in [3.05, 3.63) is 53.6 Å². The quantitative estimate of drug-likeness (QED) is 0.741. The van der Waals surface area contributed by atoms with Gasteiger partial charge in [-0.05, 0) is 30.3 Å². The Balaban J connectivity index is 1.41. The Morgan fingerprint density at radius 3 is 2.85 bits per heavy atom. The summed E-state index contributed by atoms with van der Waals surface area (Å²) in [6.07, 6.45) is 0. The molecule has 132 valence electrons. The smallest absolute Gasteiger partial charge is 0.313 e. The lowest BCUT2D eigenvalue weighted by atomic mass is 10.3. The van der Waals surface area contributed by atoms with E-state index in [1.54, 1.807) is 23.1 Å². The molecule has 1 aliphatic rings. The molecule has 1 aliphatic heterocycles. The Morgan fingerprint density at radius 1 is 1.19 bits per heavy atom. The number of anilines is 2. The number of benzene rings is 2. The summed E-state index contributed by atoms with van der Waals surface area (Å²) in [5, 5.41) is 3.89. The molecule has 0 saturated carbocycles. The Labute approximate surface area is 159 Å². The van der Waals surface area contributed by atoms with Crippen molar-refractivity contribution in [2.24, 2.45) is 0 Å². The van der Waals surface area contributed by atoms with Crippen molar-refractivity contribution in [1.29, 1.82) is 0 Å². The van der Waals surface area contributed by atoms with E-state index in [1.807, 2.05) is 30.3 Å². The van der Waals surface area contributed by atoms with Crippen molar-refractivity contribution in [3.63, 3.8) is 0 Å². The number of nitrogens with one attached hydrogen (secondary N) is 1. The van der Waals surface area contributed by atoms with Gasteiger partial charge in [-0.3, -0.25) is 9.69 Å². The molecular formula is C18H15ClN4O2S. The van der Waals surface area contributed by atoms with E-state index in [9.17, 15) is 9.59 Å². The minimum absolute atomic E-state index is 0.00811. The van der Waals surface area contributed by atoms with Crippen molar-refractivity contribution in [2.75, 3.05) is 29.9 Å². The number of fused-ring (bicyclic) bond motifs is 1. The van der Waals surface area contributed by atoms with E-state index in [1.165, 1.54) is 16.2 Å². The van der Waals surface area contributed by atoms with Crippen LogP contribution in [0.2, 0.25) is 5.02 Å². The van der Waals surface area contributed by atoms with Crippen LogP contribution in [0.25, 0.3) is 10.2 Å². The first-order valence-electron chi connectivity index (χ1n) is 8.07. The van der Waals surface area contributed by atoms with E-state index in [0.29, 0.717) is 23.2 Å². The van der Waals surface area contributed by atoms with Crippen LogP contribution in [0, 0.1) is 0 Å². The molecule has 2 heterocycles. The fourth-order valence-corrected chi connectivity index (χ4v) is 3.94. The van der Waals surface area contributed by atoms with Crippen LogP contribution in [-0.4, -0.2) is 41.5 Å². The zero-order valence-electron chi connectivity index (χ0n) is 13.7. The van der Waals surface area contributed by atoms with Crippen LogP contribution in [0.4, 0.5) is 15.6 Å². The summed E-state index contributed by atoms with van der Waals surface area (Å²) < 4.78 is 1.01. The predicted molar refractivity (Wildman–Crippen MR) is 104 cm³/mol. The van der Waals surface area contributed by atoms with Crippen LogP contribution < -0.4 is 10.2 Å². The minimum Gasteiger partial charge on any atom is -0.313 e. The highest BCUT2D eigenvalue weighted by Crippen LogP contribution is 2.26. The van der Waals surface area contributed by atoms with E-state index in [2.05, 4.69) is 10.3 Å². The minimum atomic E-state index is -0.259. The van der Waals surface area contributed by atoms with Gasteiger partial charge < -0.3 is 10.2 Å². The second-order valence-corrected chi connectivity index (χ2v) is 7.34. The van der Waals surface area contributed by atoms with Gasteiger partial charge in [-0.1, -0.05) is 41.1 Å². The van der Waals surface area contributed by atoms with E-state index in [-0.39, 0.29) is 18.5 Å². The van der Waals surface area contributed by atoms with Gasteiger partial charge in [0, 0.05) is 23.8 Å². The molecule has 26 heavy (non-hydrogen) atoms. The van der Waals surface area contributed by atoms with E-state index in [4.69, 9.17) is 11.6 Å². The van der Waals surface area contributed by atoms with E-state index in [0.717, 1.165) is 15.9 Å². The molecule has 2 aromatic carbocycles. The van der Waals surface area contributed by atoms with Crippen LogP contribution in [0.1, 0.15) is 0 Å². The average molecular weight is 387 g/mol. The average Bonchev–Trinajstić information content (AvgIpc) is 3.18. The molecule has 0 unspecified atom stereocenters. The molecule has 6 nitrogen and oxygen atoms in total. The second kappa shape index (κ2) is 6.93. The lowest BCUT2D eigenvalue weighted by Crippen LogP contribution is -2.37. The predicted octanol–water partition coefficient (Wildman–Crippen LogP) is 3.83. The highest BCUT2D eigenvalue weighted by Gasteiger charge is 2.31. The molecular weight excluding hydrogens is 372 g/mol. The molecule has 0 bridgehead atoms. The Kier molecular flexibility index (Phi) is 4.48. The maximum Gasteiger partial charge on any atom is 0.325 e. The zero-order chi connectivity index (χ0) is 18.1. The highest BCUT2D eigenvalue weighted by molar-refractivity contribution is 7.22. The highest BCUT2D eigenvalue weighted by atomic mass is 35.5. The fourth-order valence-electron chi connectivity index (χ4n) is 2.87. The monoisotopic (exact) mass is 386 g/mol. The summed E-state index contributed by atoms with van der Waals surface area (Å²) in [5.74, 6) is -0.259. The van der Waals surface area contributed by atoms with Gasteiger partial charge in [0.05, 0.1) is 10.2 Å². The lowest BCUT2D eigenvalue weighted by molar-refractivity contribution is -0.116. The van der Waals surface area contributed by atoms with Crippen molar-refractivity contribution in [1.82, 2.24) is 9.88 Å². The van der Waals surface area contributed by atoms with Gasteiger partial charge >= 0.3 is 6.03 Å². The lowest BCUT2D eigenvalue weighted by Gasteiger charge is -2.18. The molecule has 1 N–H and O–H groups in total. The van der Waals surface area contributed by atoms with Crippen LogP contribution in [0.3, 0.4) is 0 Å². The number of thiazole rings is 1. The Bertz CT molecular complexity index is 957. The molecule has 4 rings (SSSR count). The molecule has 1 saturated heterocycles. The summed E-state index contributed by atoms with van der Waals surface area (Å²) in [6.45, 7) is 0.998. The van der Waals surface area contributed by atoms with Gasteiger partial charge in [-0.15, -0.1) is 0 Å². The Morgan fingerprint density at radius 2 is 2.04 bits per heavy atom. The third-order valence-electron chi connectivity index (χ3n) is 4.09. The largest absolute Gasteiger partial charge is 0.325 e. The number of halogens is 1. The summed E-state index contributed by atoms with van der Waals surface area (Å²) >= 11 is 7.41. The number of para-hydroxylation sites is 1. The van der Waals surface area contributed by atoms with E-state index < -0.39 is 0 Å². The van der Waals surface area contributed by atoms with Gasteiger partial charge in [0.1, 0.15) is 6.54 Å². The van der Waals surface area contributed by atoms with Crippen LogP contribution in [0.15, 0.2) is 48.5 Å². The van der Waals surface area contributed by atoms with Gasteiger partial charge in [-0.2, -0.15) is 0 Å². The fraction of sp³-hybridized carbons (Fsp3) is 0.167. The summed E-state index contributed by atoms with van der Waals surface area (Å²) in [7, 11) is 0. The third kappa shape index (κ3) is 3.36. The van der Waals surface area contributed by atoms with Crippen LogP contribution in [0.5, 0.6) is 0 Å². The van der Waals surface area contributed by atoms with Crippen LogP contribution in [-0.2, 0) is 4.79 Å². The van der Waals surface area contributed by atoms with Crippen molar-refractivity contribution in [2.45, 2.75) is 0 Å². The first-order chi connectivity index (χ1) is 12.6. The van der Waals surface area contributed by atoms with Gasteiger partial charge in [0.2, 0.25) is 5.91 Å². The molecule has 0 spiro atoms. The molecule has 3 amide bonds. The topological polar surface area (TPSA) is 65.5 Å². The normalized spacial score (nSPS) is 14.3. The second-order valence-electron chi connectivity index (χ2n) is 5.87. The number of urea groups is 1. The number of rotatable bonds is 4. The van der Waals surface area contributed by atoms with Crippen molar-refractivity contribution >= 4 is 55.9 Å². The molecule has 1 fully saturated rings. The summed E-state index contributed by atoms with van der Waals surface area (Å²) in [6, 6.07) is 14.6. The maximum atomic E-state index is 12.6. The maximum absolute atomic E-state index is 12.6. The molecule has 8 heteroatoms. The molecule has 3 aromatic rings. The van der Waals surface area contributed by atoms with Gasteiger partial charge in [0.25, 0.3) is 0 Å². The SMILES string of the molecule is O=C(CN1CCN(c2cccc(Cl)c2)C1=O)Nc1nc2ccccc2s1. The number of carbonyl (C=O) groups is 2. The van der Waals surface area contributed by atoms with E-state index >= 15 is 0 Å². The van der Waals surface area contributed by atoms with Crippen molar-refractivity contribution in [3.8, 4) is 0 Å². The number of hydrogen-bond acceptors (Lipinski definition) is 4. The van der Waals surface area contributed by atoms with Crippen LogP contribution >= 0.6 is 22.9 Å². The summed E-state index contributed by atoms with van der Waals surface area (Å²) in [4.78, 5) is 32.4. The molecule has 1 aromatic heterocycles. The number of hydrogen-bond donors (Lipinski definition) is 1. The van der Waals surface area contributed by atoms with Gasteiger partial charge in [0.15, 0.2) is 5.13 Å². The molecule has 0 atom stereocenters. The first-order valence-corrected chi connectivity index (χ1v) is 9.27. The standard InChI is InChI=1S/C18H15ClN4O2S/c19-12-4-3-5-13(10-12)23-9-8-22(18(23)25)11-16(24)21-17-20-14-6-1-2-7-15(14)26-17/h1-7,10H,8-9,11H2,(H,20,21,24). The first kappa shape index (κ1) is 16.8.